The molecule has 2 heterocycles. The Morgan fingerprint density at radius 3 is 2.35 bits per heavy atom. The second-order valence-corrected chi connectivity index (χ2v) is 5.01. The summed E-state index contributed by atoms with van der Waals surface area (Å²) < 4.78 is 1.88. The molecule has 0 aliphatic carbocycles. The van der Waals surface area contributed by atoms with Crippen LogP contribution in [0.15, 0.2) is 36.4 Å². The average molecular weight is 267 g/mol. The van der Waals surface area contributed by atoms with Gasteiger partial charge in [-0.25, -0.2) is 9.97 Å². The molecule has 0 aliphatic rings. The lowest BCUT2D eigenvalue weighted by molar-refractivity contribution is 1.07. The maximum atomic E-state index is 6.03. The standard InChI is InChI=1S/C15H17N5/c1-10-4-9-13-14(17-10)20(15(16)18-13)12-7-5-11(6-8-12)19(2)3/h4-9H,1-3H3,(H2,16,18). The molecule has 0 radical (unpaired) electrons. The van der Waals surface area contributed by atoms with Gasteiger partial charge < -0.3 is 10.6 Å². The van der Waals surface area contributed by atoms with Crippen LogP contribution >= 0.6 is 0 Å². The zero-order valence-electron chi connectivity index (χ0n) is 11.8. The van der Waals surface area contributed by atoms with E-state index in [1.54, 1.807) is 0 Å². The number of nitrogens with zero attached hydrogens (tertiary/aromatic N) is 4. The van der Waals surface area contributed by atoms with Gasteiger partial charge >= 0.3 is 0 Å². The van der Waals surface area contributed by atoms with Crippen molar-refractivity contribution in [3.63, 3.8) is 0 Å². The molecule has 0 bridgehead atoms. The molecule has 0 aliphatic heterocycles. The van der Waals surface area contributed by atoms with E-state index < -0.39 is 0 Å². The third-order valence-corrected chi connectivity index (χ3v) is 3.29. The number of pyridine rings is 1. The van der Waals surface area contributed by atoms with Crippen molar-refractivity contribution < 1.29 is 0 Å². The van der Waals surface area contributed by atoms with Crippen LogP contribution in [-0.4, -0.2) is 28.6 Å². The molecule has 3 aromatic rings. The zero-order valence-corrected chi connectivity index (χ0v) is 11.8. The fourth-order valence-electron chi connectivity index (χ4n) is 2.22. The van der Waals surface area contributed by atoms with E-state index in [4.69, 9.17) is 5.73 Å². The first-order valence-electron chi connectivity index (χ1n) is 6.45. The predicted molar refractivity (Wildman–Crippen MR) is 82.3 cm³/mol. The summed E-state index contributed by atoms with van der Waals surface area (Å²) in [4.78, 5) is 11.0. The highest BCUT2D eigenvalue weighted by Gasteiger charge is 2.11. The Morgan fingerprint density at radius 1 is 1.00 bits per heavy atom. The predicted octanol–water partition coefficient (Wildman–Crippen LogP) is 2.38. The van der Waals surface area contributed by atoms with Gasteiger partial charge in [-0.3, -0.25) is 4.57 Å². The van der Waals surface area contributed by atoms with Crippen molar-refractivity contribution in [3.8, 4) is 5.69 Å². The highest BCUT2D eigenvalue weighted by molar-refractivity contribution is 5.77. The number of rotatable bonds is 2. The first-order valence-corrected chi connectivity index (χ1v) is 6.45. The quantitative estimate of drug-likeness (QED) is 0.774. The highest BCUT2D eigenvalue weighted by atomic mass is 15.2. The van der Waals surface area contributed by atoms with Crippen LogP contribution in [-0.2, 0) is 0 Å². The number of benzene rings is 1. The van der Waals surface area contributed by atoms with E-state index in [0.717, 1.165) is 28.2 Å². The van der Waals surface area contributed by atoms with Crippen molar-refractivity contribution in [2.24, 2.45) is 0 Å². The Kier molecular flexibility index (Phi) is 2.82. The molecule has 0 fully saturated rings. The number of fused-ring (bicyclic) bond motifs is 1. The van der Waals surface area contributed by atoms with E-state index in [1.807, 2.05) is 49.9 Å². The molecule has 2 aromatic heterocycles. The molecule has 0 spiro atoms. The molecule has 0 unspecified atom stereocenters. The lowest BCUT2D eigenvalue weighted by Crippen LogP contribution is -2.08. The number of aryl methyl sites for hydroxylation is 1. The van der Waals surface area contributed by atoms with Gasteiger partial charge in [-0.1, -0.05) is 0 Å². The van der Waals surface area contributed by atoms with Crippen LogP contribution in [0.1, 0.15) is 5.69 Å². The third-order valence-electron chi connectivity index (χ3n) is 3.29. The van der Waals surface area contributed by atoms with E-state index >= 15 is 0 Å². The van der Waals surface area contributed by atoms with Crippen LogP contribution in [0.5, 0.6) is 0 Å². The van der Waals surface area contributed by atoms with Crippen LogP contribution in [0, 0.1) is 6.92 Å². The second-order valence-electron chi connectivity index (χ2n) is 5.01. The van der Waals surface area contributed by atoms with Crippen LogP contribution < -0.4 is 10.6 Å². The molecule has 1 aromatic carbocycles. The molecule has 5 nitrogen and oxygen atoms in total. The molecule has 5 heteroatoms. The van der Waals surface area contributed by atoms with Gasteiger partial charge in [-0.05, 0) is 43.3 Å². The molecule has 2 N–H and O–H groups in total. The highest BCUT2D eigenvalue weighted by Crippen LogP contribution is 2.23. The van der Waals surface area contributed by atoms with Gasteiger partial charge in [-0.2, -0.15) is 0 Å². The van der Waals surface area contributed by atoms with Crippen LogP contribution in [0.25, 0.3) is 16.9 Å². The maximum absolute atomic E-state index is 6.03. The van der Waals surface area contributed by atoms with Crippen molar-refractivity contribution in [2.75, 3.05) is 24.7 Å². The van der Waals surface area contributed by atoms with Gasteiger partial charge in [0.25, 0.3) is 0 Å². The number of aromatic nitrogens is 3. The Bertz CT molecular complexity index is 756. The van der Waals surface area contributed by atoms with Gasteiger partial charge in [-0.15, -0.1) is 0 Å². The van der Waals surface area contributed by atoms with Crippen LogP contribution in [0.4, 0.5) is 11.6 Å². The van der Waals surface area contributed by atoms with E-state index in [1.165, 1.54) is 0 Å². The van der Waals surface area contributed by atoms with Gasteiger partial charge in [0.2, 0.25) is 5.95 Å². The summed E-state index contributed by atoms with van der Waals surface area (Å²) in [5, 5.41) is 0. The first-order chi connectivity index (χ1) is 9.56. The Balaban J connectivity index is 2.18. The molecular formula is C15H17N5. The maximum Gasteiger partial charge on any atom is 0.207 e. The monoisotopic (exact) mass is 267 g/mol. The number of anilines is 2. The summed E-state index contributed by atoms with van der Waals surface area (Å²) in [6, 6.07) is 12.0. The first kappa shape index (κ1) is 12.5. The average Bonchev–Trinajstić information content (AvgIpc) is 2.74. The molecule has 102 valence electrons. The topological polar surface area (TPSA) is 60.0 Å². The number of nitrogen functional groups attached to an aromatic ring is 1. The minimum absolute atomic E-state index is 0.454. The fourth-order valence-corrected chi connectivity index (χ4v) is 2.22. The molecule has 20 heavy (non-hydrogen) atoms. The lowest BCUT2D eigenvalue weighted by Gasteiger charge is -2.13. The molecule has 0 saturated carbocycles. The molecule has 0 amide bonds. The molecule has 3 rings (SSSR count). The summed E-state index contributed by atoms with van der Waals surface area (Å²) in [6.07, 6.45) is 0. The Hall–Kier alpha value is -2.56. The van der Waals surface area contributed by atoms with Crippen LogP contribution in [0.2, 0.25) is 0 Å². The van der Waals surface area contributed by atoms with Gasteiger partial charge in [0.15, 0.2) is 5.65 Å². The smallest absolute Gasteiger partial charge is 0.207 e. The summed E-state index contributed by atoms with van der Waals surface area (Å²) in [5.41, 5.74) is 10.7. The molecule has 0 atom stereocenters. The number of nitrogens with two attached hydrogens (primary N) is 1. The minimum Gasteiger partial charge on any atom is -0.378 e. The summed E-state index contributed by atoms with van der Waals surface area (Å²) in [6.45, 7) is 1.96. The van der Waals surface area contributed by atoms with E-state index in [2.05, 4.69) is 27.0 Å². The van der Waals surface area contributed by atoms with Crippen molar-refractivity contribution >= 4 is 22.8 Å². The van der Waals surface area contributed by atoms with E-state index in [0.29, 0.717) is 5.95 Å². The normalized spacial score (nSPS) is 10.9. The number of imidazole rings is 1. The van der Waals surface area contributed by atoms with Gasteiger partial charge in [0, 0.05) is 25.5 Å². The molecule has 0 saturated heterocycles. The second kappa shape index (κ2) is 4.52. The fraction of sp³-hybridized carbons (Fsp3) is 0.200. The summed E-state index contributed by atoms with van der Waals surface area (Å²) >= 11 is 0. The molecular weight excluding hydrogens is 250 g/mol. The third kappa shape index (κ3) is 1.97. The summed E-state index contributed by atoms with van der Waals surface area (Å²) in [5.74, 6) is 0.454. The van der Waals surface area contributed by atoms with Gasteiger partial charge in [0.1, 0.15) is 5.52 Å². The van der Waals surface area contributed by atoms with E-state index in [9.17, 15) is 0 Å². The largest absolute Gasteiger partial charge is 0.378 e. The summed E-state index contributed by atoms with van der Waals surface area (Å²) in [7, 11) is 4.03. The lowest BCUT2D eigenvalue weighted by atomic mass is 10.2. The SMILES string of the molecule is Cc1ccc2nc(N)n(-c3ccc(N(C)C)cc3)c2n1. The van der Waals surface area contributed by atoms with E-state index in [-0.39, 0.29) is 0 Å². The number of hydrogen-bond acceptors (Lipinski definition) is 4. The Morgan fingerprint density at radius 2 is 1.70 bits per heavy atom. The zero-order chi connectivity index (χ0) is 14.3. The van der Waals surface area contributed by atoms with Crippen molar-refractivity contribution in [2.45, 2.75) is 6.92 Å². The Labute approximate surface area is 117 Å². The van der Waals surface area contributed by atoms with Crippen molar-refractivity contribution in [1.82, 2.24) is 14.5 Å². The van der Waals surface area contributed by atoms with Crippen LogP contribution in [0.3, 0.4) is 0 Å². The van der Waals surface area contributed by atoms with Crippen molar-refractivity contribution in [1.29, 1.82) is 0 Å². The van der Waals surface area contributed by atoms with Gasteiger partial charge in [0.05, 0.1) is 5.69 Å². The van der Waals surface area contributed by atoms with Crippen molar-refractivity contribution in [3.05, 3.63) is 42.1 Å². The minimum atomic E-state index is 0.454. The number of hydrogen-bond donors (Lipinski definition) is 1.